The third-order valence-corrected chi connectivity index (χ3v) is 5.02. The Kier molecular flexibility index (Phi) is 7.45. The van der Waals surface area contributed by atoms with E-state index in [4.69, 9.17) is 27.9 Å². The zero-order valence-electron chi connectivity index (χ0n) is 16.4. The maximum Gasteiger partial charge on any atom is 0.271 e. The van der Waals surface area contributed by atoms with E-state index in [2.05, 4.69) is 5.32 Å². The van der Waals surface area contributed by atoms with Crippen molar-refractivity contribution in [1.82, 2.24) is 0 Å². The van der Waals surface area contributed by atoms with Crippen molar-refractivity contribution in [3.05, 3.63) is 104 Å². The predicted molar refractivity (Wildman–Crippen MR) is 123 cm³/mol. The number of benzene rings is 3. The minimum absolute atomic E-state index is 0.159. The molecular weight excluding hydrogens is 453 g/mol. The molecule has 0 heterocycles. The van der Waals surface area contributed by atoms with Gasteiger partial charge in [0.25, 0.3) is 11.6 Å². The van der Waals surface area contributed by atoms with E-state index in [0.717, 1.165) is 0 Å². The zero-order chi connectivity index (χ0) is 23.1. The lowest BCUT2D eigenvalue weighted by atomic mass is 10.1. The molecule has 0 aliphatic heterocycles. The summed E-state index contributed by atoms with van der Waals surface area (Å²) in [6.45, 7) is 0.183. The Morgan fingerprint density at radius 1 is 1.09 bits per heavy atom. The Labute approximate surface area is 193 Å². The molecule has 3 aromatic carbocycles. The van der Waals surface area contributed by atoms with Crippen LogP contribution in [0.5, 0.6) is 5.75 Å². The second kappa shape index (κ2) is 10.4. The first-order valence-corrected chi connectivity index (χ1v) is 9.96. The van der Waals surface area contributed by atoms with E-state index in [-0.39, 0.29) is 23.6 Å². The molecule has 0 atom stereocenters. The number of anilines is 1. The minimum Gasteiger partial charge on any atom is -0.489 e. The summed E-state index contributed by atoms with van der Waals surface area (Å²) >= 11 is 12.3. The number of nitro groups is 1. The topological polar surface area (TPSA) is 105 Å². The van der Waals surface area contributed by atoms with E-state index in [1.54, 1.807) is 42.5 Å². The molecule has 3 rings (SSSR count). The number of nitriles is 1. The summed E-state index contributed by atoms with van der Waals surface area (Å²) in [4.78, 5) is 22.7. The summed E-state index contributed by atoms with van der Waals surface area (Å²) < 4.78 is 5.71. The van der Waals surface area contributed by atoms with Crippen LogP contribution >= 0.6 is 23.2 Å². The first kappa shape index (κ1) is 22.8. The standard InChI is InChI=1S/C23H15Cl2N3O4/c24-21-5-2-6-22(25)20(21)14-32-19-9-7-15(8-10-19)11-16(13-26)23(29)27-17-3-1-4-18(12-17)28(30)31/h1-12H,14H2,(H,27,29)/b16-11+. The number of halogens is 2. The summed E-state index contributed by atoms with van der Waals surface area (Å²) in [5.74, 6) is -0.126. The van der Waals surface area contributed by atoms with Crippen molar-refractivity contribution < 1.29 is 14.5 Å². The SMILES string of the molecule is N#C/C(=C\c1ccc(OCc2c(Cl)cccc2Cl)cc1)C(=O)Nc1cccc([N+](=O)[O-])c1. The Balaban J connectivity index is 1.68. The molecule has 0 aliphatic carbocycles. The van der Waals surface area contributed by atoms with Crippen LogP contribution in [0.4, 0.5) is 11.4 Å². The summed E-state index contributed by atoms with van der Waals surface area (Å²) in [7, 11) is 0. The molecule has 0 spiro atoms. The average molecular weight is 468 g/mol. The lowest BCUT2D eigenvalue weighted by molar-refractivity contribution is -0.384. The molecule has 1 N–H and O–H groups in total. The molecule has 1 amide bonds. The molecule has 3 aromatic rings. The number of ether oxygens (including phenoxy) is 1. The number of carbonyl (C=O) groups excluding carboxylic acids is 1. The van der Waals surface area contributed by atoms with Gasteiger partial charge >= 0.3 is 0 Å². The molecule has 0 radical (unpaired) electrons. The number of hydrogen-bond donors (Lipinski definition) is 1. The van der Waals surface area contributed by atoms with Crippen LogP contribution in [0.2, 0.25) is 10.0 Å². The number of non-ortho nitro benzene ring substituents is 1. The van der Waals surface area contributed by atoms with Crippen LogP contribution < -0.4 is 10.1 Å². The van der Waals surface area contributed by atoms with E-state index in [0.29, 0.717) is 26.9 Å². The van der Waals surface area contributed by atoms with Gasteiger partial charge in [-0.3, -0.25) is 14.9 Å². The minimum atomic E-state index is -0.679. The van der Waals surface area contributed by atoms with Gasteiger partial charge in [0.2, 0.25) is 0 Å². The van der Waals surface area contributed by atoms with Gasteiger partial charge in [0.15, 0.2) is 0 Å². The average Bonchev–Trinajstić information content (AvgIpc) is 2.78. The largest absolute Gasteiger partial charge is 0.489 e. The first-order chi connectivity index (χ1) is 15.4. The predicted octanol–water partition coefficient (Wildman–Crippen LogP) is 6.03. The van der Waals surface area contributed by atoms with Gasteiger partial charge in [0.05, 0.1) is 4.92 Å². The highest BCUT2D eigenvalue weighted by Crippen LogP contribution is 2.26. The maximum atomic E-state index is 12.4. The monoisotopic (exact) mass is 467 g/mol. The highest BCUT2D eigenvalue weighted by molar-refractivity contribution is 6.35. The van der Waals surface area contributed by atoms with Crippen molar-refractivity contribution in [2.45, 2.75) is 6.61 Å². The third-order valence-electron chi connectivity index (χ3n) is 4.32. The lowest BCUT2D eigenvalue weighted by Crippen LogP contribution is -2.13. The number of nitro benzene ring substituents is 1. The number of carbonyl (C=O) groups is 1. The van der Waals surface area contributed by atoms with E-state index in [1.807, 2.05) is 6.07 Å². The van der Waals surface area contributed by atoms with Crippen LogP contribution in [0.25, 0.3) is 6.08 Å². The molecule has 32 heavy (non-hydrogen) atoms. The second-order valence-corrected chi connectivity index (χ2v) is 7.30. The summed E-state index contributed by atoms with van der Waals surface area (Å²) in [5.41, 5.74) is 1.16. The Morgan fingerprint density at radius 2 is 1.75 bits per heavy atom. The smallest absolute Gasteiger partial charge is 0.271 e. The van der Waals surface area contributed by atoms with E-state index >= 15 is 0 Å². The Bertz CT molecular complexity index is 1210. The molecule has 160 valence electrons. The van der Waals surface area contributed by atoms with Crippen molar-refractivity contribution >= 4 is 46.6 Å². The Morgan fingerprint density at radius 3 is 2.38 bits per heavy atom. The molecule has 0 aromatic heterocycles. The Hall–Kier alpha value is -3.86. The highest BCUT2D eigenvalue weighted by Gasteiger charge is 2.12. The van der Waals surface area contributed by atoms with Gasteiger partial charge in [0, 0.05) is 33.4 Å². The van der Waals surface area contributed by atoms with E-state index < -0.39 is 10.8 Å². The van der Waals surface area contributed by atoms with Gasteiger partial charge in [-0.2, -0.15) is 5.26 Å². The fourth-order valence-electron chi connectivity index (χ4n) is 2.70. The number of hydrogen-bond acceptors (Lipinski definition) is 5. The number of nitrogens with one attached hydrogen (secondary N) is 1. The second-order valence-electron chi connectivity index (χ2n) is 6.49. The summed E-state index contributed by atoms with van der Waals surface area (Å²) in [6, 6.07) is 19.2. The number of amides is 1. The number of nitrogens with zero attached hydrogens (tertiary/aromatic N) is 2. The molecule has 7 nitrogen and oxygen atoms in total. The van der Waals surface area contributed by atoms with Crippen LogP contribution in [-0.4, -0.2) is 10.8 Å². The third kappa shape index (κ3) is 5.85. The zero-order valence-corrected chi connectivity index (χ0v) is 17.9. The fraction of sp³-hybridized carbons (Fsp3) is 0.0435. The van der Waals surface area contributed by atoms with Gasteiger partial charge in [-0.25, -0.2) is 0 Å². The van der Waals surface area contributed by atoms with Gasteiger partial charge in [-0.1, -0.05) is 47.5 Å². The first-order valence-electron chi connectivity index (χ1n) is 9.20. The summed E-state index contributed by atoms with van der Waals surface area (Å²) in [5, 5.41) is 23.7. The van der Waals surface area contributed by atoms with Gasteiger partial charge in [-0.15, -0.1) is 0 Å². The van der Waals surface area contributed by atoms with Crippen molar-refractivity contribution in [3.8, 4) is 11.8 Å². The van der Waals surface area contributed by atoms with Gasteiger partial charge in [-0.05, 0) is 42.0 Å². The van der Waals surface area contributed by atoms with Gasteiger partial charge in [0.1, 0.15) is 24.0 Å². The molecule has 0 saturated carbocycles. The van der Waals surface area contributed by atoms with Crippen molar-refractivity contribution in [2.24, 2.45) is 0 Å². The molecule has 0 aliphatic rings. The molecular formula is C23H15Cl2N3O4. The van der Waals surface area contributed by atoms with E-state index in [9.17, 15) is 20.2 Å². The molecule has 0 saturated heterocycles. The number of rotatable bonds is 7. The van der Waals surface area contributed by atoms with Gasteiger partial charge < -0.3 is 10.1 Å². The normalized spacial score (nSPS) is 10.8. The van der Waals surface area contributed by atoms with Crippen molar-refractivity contribution in [2.75, 3.05) is 5.32 Å². The molecule has 0 unspecified atom stereocenters. The lowest BCUT2D eigenvalue weighted by Gasteiger charge is -2.09. The van der Waals surface area contributed by atoms with E-state index in [1.165, 1.54) is 30.3 Å². The van der Waals surface area contributed by atoms with Crippen LogP contribution in [0.15, 0.2) is 72.3 Å². The van der Waals surface area contributed by atoms with Crippen LogP contribution in [0, 0.1) is 21.4 Å². The van der Waals surface area contributed by atoms with Crippen LogP contribution in [0.1, 0.15) is 11.1 Å². The molecule has 0 bridgehead atoms. The van der Waals surface area contributed by atoms with Crippen molar-refractivity contribution in [1.29, 1.82) is 5.26 Å². The van der Waals surface area contributed by atoms with Crippen molar-refractivity contribution in [3.63, 3.8) is 0 Å². The van der Waals surface area contributed by atoms with Crippen LogP contribution in [0.3, 0.4) is 0 Å². The quantitative estimate of drug-likeness (QED) is 0.197. The molecule has 0 fully saturated rings. The van der Waals surface area contributed by atoms with Crippen LogP contribution in [-0.2, 0) is 11.4 Å². The molecule has 9 heteroatoms. The highest BCUT2D eigenvalue weighted by atomic mass is 35.5. The summed E-state index contributed by atoms with van der Waals surface area (Å²) in [6.07, 6.45) is 1.40. The fourth-order valence-corrected chi connectivity index (χ4v) is 3.20. The maximum absolute atomic E-state index is 12.4.